The Labute approximate surface area is 123 Å². The molecule has 2 aromatic rings. The second-order valence-corrected chi connectivity index (χ2v) is 4.66. The van der Waals surface area contributed by atoms with Gasteiger partial charge in [-0.2, -0.15) is 0 Å². The number of imide groups is 1. The second-order valence-electron chi connectivity index (χ2n) is 4.66. The van der Waals surface area contributed by atoms with Crippen LogP contribution in [0.2, 0.25) is 0 Å². The Bertz CT molecular complexity index is 810. The van der Waals surface area contributed by atoms with Crippen LogP contribution in [0.1, 0.15) is 31.2 Å². The van der Waals surface area contributed by atoms with Crippen molar-refractivity contribution in [2.24, 2.45) is 0 Å². The molecule has 0 atom stereocenters. The fourth-order valence-electron chi connectivity index (χ4n) is 2.34. The Morgan fingerprint density at radius 2 is 1.95 bits per heavy atom. The molecular weight excluding hydrogens is 290 g/mol. The number of amides is 2. The maximum atomic E-state index is 12.3. The molecule has 1 N–H and O–H groups in total. The predicted molar refractivity (Wildman–Crippen MR) is 73.6 cm³/mol. The molecule has 1 aliphatic heterocycles. The lowest BCUT2D eigenvalue weighted by Gasteiger charge is -2.11. The minimum absolute atomic E-state index is 0.0570. The standard InChI is InChI=1S/C14H9N3O5/c18-11(9-4-2-6-15-9)7-16-13(19)8-3-1-5-10(17(21)22)12(8)14(16)20/h1-6,15H,7H2. The van der Waals surface area contributed by atoms with Gasteiger partial charge in [-0.05, 0) is 18.2 Å². The zero-order chi connectivity index (χ0) is 15.9. The fraction of sp³-hybridized carbons (Fsp3) is 0.0714. The molecule has 0 aliphatic carbocycles. The number of ketones is 1. The van der Waals surface area contributed by atoms with Crippen molar-refractivity contribution in [1.82, 2.24) is 9.88 Å². The molecule has 1 aliphatic rings. The highest BCUT2D eigenvalue weighted by Crippen LogP contribution is 2.30. The van der Waals surface area contributed by atoms with Gasteiger partial charge >= 0.3 is 0 Å². The SMILES string of the molecule is O=C(CN1C(=O)c2cccc([N+](=O)[O-])c2C1=O)c1ccc[nH]1. The van der Waals surface area contributed by atoms with E-state index in [-0.39, 0.29) is 16.8 Å². The van der Waals surface area contributed by atoms with Crippen molar-refractivity contribution in [3.63, 3.8) is 0 Å². The van der Waals surface area contributed by atoms with Crippen LogP contribution in [0.25, 0.3) is 0 Å². The van der Waals surface area contributed by atoms with Gasteiger partial charge in [-0.3, -0.25) is 29.4 Å². The monoisotopic (exact) mass is 299 g/mol. The molecule has 0 bridgehead atoms. The molecule has 0 spiro atoms. The lowest BCUT2D eigenvalue weighted by Crippen LogP contribution is -2.35. The average Bonchev–Trinajstić information content (AvgIpc) is 3.11. The third-order valence-electron chi connectivity index (χ3n) is 3.37. The van der Waals surface area contributed by atoms with E-state index in [9.17, 15) is 24.5 Å². The van der Waals surface area contributed by atoms with Crippen molar-refractivity contribution in [1.29, 1.82) is 0 Å². The van der Waals surface area contributed by atoms with E-state index in [1.165, 1.54) is 18.2 Å². The van der Waals surface area contributed by atoms with Gasteiger partial charge in [0, 0.05) is 12.3 Å². The number of nitrogens with zero attached hydrogens (tertiary/aromatic N) is 2. The number of nitro benzene ring substituents is 1. The number of aromatic nitrogens is 1. The highest BCUT2D eigenvalue weighted by Gasteiger charge is 2.41. The Hall–Kier alpha value is -3.29. The van der Waals surface area contributed by atoms with E-state index in [0.717, 1.165) is 11.0 Å². The van der Waals surface area contributed by atoms with Crippen LogP contribution in [-0.2, 0) is 0 Å². The summed E-state index contributed by atoms with van der Waals surface area (Å²) in [6.07, 6.45) is 1.54. The summed E-state index contributed by atoms with van der Waals surface area (Å²) in [5.41, 5.74) is -0.507. The number of nitro groups is 1. The molecule has 8 heteroatoms. The Balaban J connectivity index is 1.95. The van der Waals surface area contributed by atoms with Crippen LogP contribution >= 0.6 is 0 Å². The summed E-state index contributed by atoms with van der Waals surface area (Å²) in [5.74, 6) is -1.99. The third-order valence-corrected chi connectivity index (χ3v) is 3.37. The predicted octanol–water partition coefficient (Wildman–Crippen LogP) is 1.40. The summed E-state index contributed by atoms with van der Waals surface area (Å²) < 4.78 is 0. The summed E-state index contributed by atoms with van der Waals surface area (Å²) in [5, 5.41) is 11.0. The first kappa shape index (κ1) is 13.7. The van der Waals surface area contributed by atoms with Gasteiger partial charge in [-0.15, -0.1) is 0 Å². The molecule has 0 saturated carbocycles. The summed E-state index contributed by atoms with van der Waals surface area (Å²) >= 11 is 0. The minimum atomic E-state index is -0.827. The maximum Gasteiger partial charge on any atom is 0.282 e. The van der Waals surface area contributed by atoms with Crippen molar-refractivity contribution < 1.29 is 19.3 Å². The molecule has 3 rings (SSSR count). The molecule has 22 heavy (non-hydrogen) atoms. The topological polar surface area (TPSA) is 113 Å². The number of carbonyl (C=O) groups is 3. The van der Waals surface area contributed by atoms with Crippen molar-refractivity contribution in [2.75, 3.05) is 6.54 Å². The number of Topliss-reactive ketones (excluding diaryl/α,β-unsaturated/α-hetero) is 1. The number of benzene rings is 1. The van der Waals surface area contributed by atoms with Gasteiger partial charge in [-0.25, -0.2) is 0 Å². The van der Waals surface area contributed by atoms with Gasteiger partial charge in [0.2, 0.25) is 0 Å². The van der Waals surface area contributed by atoms with Gasteiger partial charge in [-0.1, -0.05) is 6.07 Å². The highest BCUT2D eigenvalue weighted by atomic mass is 16.6. The Kier molecular flexibility index (Phi) is 3.06. The zero-order valence-electron chi connectivity index (χ0n) is 11.1. The van der Waals surface area contributed by atoms with E-state index in [1.807, 2.05) is 0 Å². The number of nitrogens with one attached hydrogen (secondary N) is 1. The van der Waals surface area contributed by atoms with Crippen LogP contribution in [-0.4, -0.2) is 38.9 Å². The number of fused-ring (bicyclic) bond motifs is 1. The van der Waals surface area contributed by atoms with E-state index >= 15 is 0 Å². The number of aromatic amines is 1. The largest absolute Gasteiger partial charge is 0.359 e. The Morgan fingerprint density at radius 1 is 1.18 bits per heavy atom. The maximum absolute atomic E-state index is 12.3. The quantitative estimate of drug-likeness (QED) is 0.397. The van der Waals surface area contributed by atoms with Crippen molar-refractivity contribution >= 4 is 23.3 Å². The van der Waals surface area contributed by atoms with Crippen LogP contribution in [0, 0.1) is 10.1 Å². The summed E-state index contributed by atoms with van der Waals surface area (Å²) in [4.78, 5) is 50.2. The summed E-state index contributed by atoms with van der Waals surface area (Å²) in [6, 6.07) is 6.95. The number of carbonyl (C=O) groups excluding carboxylic acids is 3. The molecule has 1 aromatic carbocycles. The van der Waals surface area contributed by atoms with Crippen molar-refractivity contribution in [3.05, 3.63) is 63.5 Å². The first-order valence-electron chi connectivity index (χ1n) is 6.31. The second kappa shape index (κ2) is 4.92. The molecule has 2 amide bonds. The van der Waals surface area contributed by atoms with Gasteiger partial charge < -0.3 is 4.98 Å². The first-order valence-corrected chi connectivity index (χ1v) is 6.31. The van der Waals surface area contributed by atoms with E-state index in [2.05, 4.69) is 4.98 Å². The molecule has 0 saturated heterocycles. The van der Waals surface area contributed by atoms with Crippen LogP contribution in [0.15, 0.2) is 36.5 Å². The summed E-state index contributed by atoms with van der Waals surface area (Å²) in [6.45, 7) is -0.468. The Morgan fingerprint density at radius 3 is 2.59 bits per heavy atom. The molecule has 0 fully saturated rings. The summed E-state index contributed by atoms with van der Waals surface area (Å²) in [7, 11) is 0. The average molecular weight is 299 g/mol. The van der Waals surface area contributed by atoms with E-state index in [0.29, 0.717) is 0 Å². The van der Waals surface area contributed by atoms with E-state index in [4.69, 9.17) is 0 Å². The third kappa shape index (κ3) is 1.97. The normalized spacial score (nSPS) is 13.4. The van der Waals surface area contributed by atoms with Crippen LogP contribution in [0.5, 0.6) is 0 Å². The van der Waals surface area contributed by atoms with Gasteiger partial charge in [0.1, 0.15) is 5.56 Å². The molecule has 1 aromatic heterocycles. The van der Waals surface area contributed by atoms with E-state index in [1.54, 1.807) is 12.3 Å². The van der Waals surface area contributed by atoms with Gasteiger partial charge in [0.05, 0.1) is 22.7 Å². The number of hydrogen-bond acceptors (Lipinski definition) is 5. The number of H-pyrrole nitrogens is 1. The molecule has 0 unspecified atom stereocenters. The lowest BCUT2D eigenvalue weighted by molar-refractivity contribution is -0.385. The highest BCUT2D eigenvalue weighted by molar-refractivity contribution is 6.24. The van der Waals surface area contributed by atoms with Crippen LogP contribution < -0.4 is 0 Å². The lowest BCUT2D eigenvalue weighted by atomic mass is 10.1. The van der Waals surface area contributed by atoms with E-state index < -0.39 is 34.8 Å². The van der Waals surface area contributed by atoms with Crippen molar-refractivity contribution in [2.45, 2.75) is 0 Å². The molecule has 0 radical (unpaired) electrons. The number of rotatable bonds is 4. The van der Waals surface area contributed by atoms with Gasteiger partial charge in [0.15, 0.2) is 5.78 Å². The van der Waals surface area contributed by atoms with Gasteiger partial charge in [0.25, 0.3) is 17.5 Å². The first-order chi connectivity index (χ1) is 10.5. The van der Waals surface area contributed by atoms with Crippen molar-refractivity contribution in [3.8, 4) is 0 Å². The zero-order valence-corrected chi connectivity index (χ0v) is 11.1. The molecule has 8 nitrogen and oxygen atoms in total. The smallest absolute Gasteiger partial charge is 0.282 e. The number of hydrogen-bond donors (Lipinski definition) is 1. The van der Waals surface area contributed by atoms with Crippen LogP contribution in [0.3, 0.4) is 0 Å². The fourth-order valence-corrected chi connectivity index (χ4v) is 2.34. The molecule has 2 heterocycles. The molecule has 110 valence electrons. The molecular formula is C14H9N3O5. The minimum Gasteiger partial charge on any atom is -0.359 e. The van der Waals surface area contributed by atoms with Crippen LogP contribution in [0.4, 0.5) is 5.69 Å².